The lowest BCUT2D eigenvalue weighted by Crippen LogP contribution is -1.95. The number of hydrogen-bond acceptors (Lipinski definition) is 2. The highest BCUT2D eigenvalue weighted by Crippen LogP contribution is 2.00. The molecule has 0 N–H and O–H groups in total. The topological polar surface area (TPSA) is 21.6 Å². The molecular formula is C10H13NO. The van der Waals surface area contributed by atoms with Gasteiger partial charge in [-0.05, 0) is 19.4 Å². The third-order valence-corrected chi connectivity index (χ3v) is 1.52. The van der Waals surface area contributed by atoms with Gasteiger partial charge in [-0.3, -0.25) is 0 Å². The average molecular weight is 163 g/mol. The van der Waals surface area contributed by atoms with Gasteiger partial charge in [-0.1, -0.05) is 35.5 Å². The van der Waals surface area contributed by atoms with Crippen molar-refractivity contribution in [3.05, 3.63) is 35.9 Å². The van der Waals surface area contributed by atoms with Crippen molar-refractivity contribution in [2.45, 2.75) is 13.8 Å². The standard InChI is InChI=1S/C10H13NO/c1-3-12-11-9(2)10-7-5-4-6-8-10/h4-8H,3H2,1-2H3/b11-9-. The lowest BCUT2D eigenvalue weighted by molar-refractivity contribution is 0.159. The summed E-state index contributed by atoms with van der Waals surface area (Å²) in [6, 6.07) is 9.98. The predicted octanol–water partition coefficient (Wildman–Crippen LogP) is 2.45. The Balaban J connectivity index is 2.71. The molecule has 0 radical (unpaired) electrons. The Morgan fingerprint density at radius 1 is 1.33 bits per heavy atom. The predicted molar refractivity (Wildman–Crippen MR) is 50.3 cm³/mol. The van der Waals surface area contributed by atoms with Crippen LogP contribution in [-0.2, 0) is 4.84 Å². The third-order valence-electron chi connectivity index (χ3n) is 1.52. The molecule has 0 aromatic heterocycles. The zero-order valence-corrected chi connectivity index (χ0v) is 7.45. The van der Waals surface area contributed by atoms with Crippen molar-refractivity contribution in [1.82, 2.24) is 0 Å². The molecular weight excluding hydrogens is 150 g/mol. The van der Waals surface area contributed by atoms with Gasteiger partial charge in [0.15, 0.2) is 0 Å². The highest BCUT2D eigenvalue weighted by atomic mass is 16.6. The van der Waals surface area contributed by atoms with Gasteiger partial charge < -0.3 is 4.84 Å². The molecule has 0 unspecified atom stereocenters. The molecule has 0 heterocycles. The fourth-order valence-corrected chi connectivity index (χ4v) is 0.893. The molecule has 1 aromatic carbocycles. The molecule has 0 saturated heterocycles. The molecule has 0 saturated carbocycles. The first-order chi connectivity index (χ1) is 5.84. The summed E-state index contributed by atoms with van der Waals surface area (Å²) >= 11 is 0. The number of nitrogens with zero attached hydrogens (tertiary/aromatic N) is 1. The van der Waals surface area contributed by atoms with Crippen molar-refractivity contribution in [3.8, 4) is 0 Å². The van der Waals surface area contributed by atoms with Gasteiger partial charge in [0, 0.05) is 0 Å². The smallest absolute Gasteiger partial charge is 0.114 e. The van der Waals surface area contributed by atoms with Crippen molar-refractivity contribution in [1.29, 1.82) is 0 Å². The molecule has 1 aromatic rings. The minimum absolute atomic E-state index is 0.615. The highest BCUT2D eigenvalue weighted by molar-refractivity contribution is 5.98. The van der Waals surface area contributed by atoms with Crippen LogP contribution in [0.15, 0.2) is 35.5 Å². The van der Waals surface area contributed by atoms with Crippen LogP contribution in [0.25, 0.3) is 0 Å². The molecule has 1 rings (SSSR count). The maximum absolute atomic E-state index is 4.94. The SMILES string of the molecule is CCO/N=C(/C)c1ccccc1. The molecule has 0 aliphatic heterocycles. The van der Waals surface area contributed by atoms with Crippen LogP contribution in [0, 0.1) is 0 Å². The lowest BCUT2D eigenvalue weighted by atomic mass is 10.1. The van der Waals surface area contributed by atoms with E-state index in [0.717, 1.165) is 11.3 Å². The fraction of sp³-hybridized carbons (Fsp3) is 0.300. The zero-order valence-electron chi connectivity index (χ0n) is 7.45. The number of oxime groups is 1. The van der Waals surface area contributed by atoms with Gasteiger partial charge in [0.2, 0.25) is 0 Å². The summed E-state index contributed by atoms with van der Waals surface area (Å²) in [7, 11) is 0. The first-order valence-corrected chi connectivity index (χ1v) is 4.06. The summed E-state index contributed by atoms with van der Waals surface area (Å²) in [5, 5.41) is 3.93. The van der Waals surface area contributed by atoms with E-state index in [1.54, 1.807) is 0 Å². The van der Waals surface area contributed by atoms with Crippen molar-refractivity contribution in [2.24, 2.45) is 5.16 Å². The van der Waals surface area contributed by atoms with Crippen LogP contribution in [-0.4, -0.2) is 12.3 Å². The van der Waals surface area contributed by atoms with Gasteiger partial charge in [0.1, 0.15) is 6.61 Å². The Hall–Kier alpha value is -1.31. The molecule has 2 heteroatoms. The van der Waals surface area contributed by atoms with Crippen LogP contribution in [0.5, 0.6) is 0 Å². The van der Waals surface area contributed by atoms with Crippen molar-refractivity contribution in [2.75, 3.05) is 6.61 Å². The zero-order chi connectivity index (χ0) is 8.81. The minimum Gasteiger partial charge on any atom is -0.396 e. The Bertz CT molecular complexity index is 254. The summed E-state index contributed by atoms with van der Waals surface area (Å²) in [6.07, 6.45) is 0. The van der Waals surface area contributed by atoms with Crippen molar-refractivity contribution < 1.29 is 4.84 Å². The normalized spacial score (nSPS) is 11.3. The molecule has 0 bridgehead atoms. The molecule has 64 valence electrons. The van der Waals surface area contributed by atoms with E-state index in [9.17, 15) is 0 Å². The van der Waals surface area contributed by atoms with Gasteiger partial charge in [-0.15, -0.1) is 0 Å². The molecule has 2 nitrogen and oxygen atoms in total. The third kappa shape index (κ3) is 2.38. The quantitative estimate of drug-likeness (QED) is 0.495. The van der Waals surface area contributed by atoms with E-state index in [2.05, 4.69) is 5.16 Å². The first kappa shape index (κ1) is 8.78. The Kier molecular flexibility index (Phi) is 3.33. The van der Waals surface area contributed by atoms with E-state index in [1.807, 2.05) is 44.2 Å². The largest absolute Gasteiger partial charge is 0.396 e. The fourth-order valence-electron chi connectivity index (χ4n) is 0.893. The molecule has 12 heavy (non-hydrogen) atoms. The maximum Gasteiger partial charge on any atom is 0.114 e. The van der Waals surface area contributed by atoms with Crippen molar-refractivity contribution >= 4 is 5.71 Å². The van der Waals surface area contributed by atoms with Gasteiger partial charge in [0.05, 0.1) is 5.71 Å². The Morgan fingerprint density at radius 2 is 2.00 bits per heavy atom. The van der Waals surface area contributed by atoms with E-state index >= 15 is 0 Å². The molecule has 0 fully saturated rings. The Morgan fingerprint density at radius 3 is 2.58 bits per heavy atom. The Labute approximate surface area is 72.9 Å². The molecule has 0 aliphatic rings. The highest BCUT2D eigenvalue weighted by Gasteiger charge is 1.94. The van der Waals surface area contributed by atoms with Crippen LogP contribution in [0.3, 0.4) is 0 Å². The second-order valence-corrected chi connectivity index (χ2v) is 2.46. The summed E-state index contributed by atoms with van der Waals surface area (Å²) in [4.78, 5) is 4.94. The molecule has 0 amide bonds. The van der Waals surface area contributed by atoms with E-state index in [-0.39, 0.29) is 0 Å². The molecule has 0 spiro atoms. The summed E-state index contributed by atoms with van der Waals surface area (Å²) in [5.74, 6) is 0. The average Bonchev–Trinajstić information content (AvgIpc) is 2.15. The minimum atomic E-state index is 0.615. The van der Waals surface area contributed by atoms with Gasteiger partial charge in [0.25, 0.3) is 0 Å². The summed E-state index contributed by atoms with van der Waals surface area (Å²) in [5.41, 5.74) is 2.02. The van der Waals surface area contributed by atoms with E-state index in [4.69, 9.17) is 4.84 Å². The van der Waals surface area contributed by atoms with Crippen LogP contribution < -0.4 is 0 Å². The lowest BCUT2D eigenvalue weighted by Gasteiger charge is -1.98. The monoisotopic (exact) mass is 163 g/mol. The number of hydrogen-bond donors (Lipinski definition) is 0. The van der Waals surface area contributed by atoms with Gasteiger partial charge in [-0.2, -0.15) is 0 Å². The van der Waals surface area contributed by atoms with E-state index in [0.29, 0.717) is 6.61 Å². The van der Waals surface area contributed by atoms with Crippen molar-refractivity contribution in [3.63, 3.8) is 0 Å². The molecule has 0 atom stereocenters. The van der Waals surface area contributed by atoms with E-state index in [1.165, 1.54) is 0 Å². The summed E-state index contributed by atoms with van der Waals surface area (Å²) in [6.45, 7) is 4.47. The second-order valence-electron chi connectivity index (χ2n) is 2.46. The van der Waals surface area contributed by atoms with Crippen LogP contribution in [0.1, 0.15) is 19.4 Å². The number of benzene rings is 1. The van der Waals surface area contributed by atoms with Crippen LogP contribution in [0.4, 0.5) is 0 Å². The van der Waals surface area contributed by atoms with Gasteiger partial charge >= 0.3 is 0 Å². The van der Waals surface area contributed by atoms with Gasteiger partial charge in [-0.25, -0.2) is 0 Å². The van der Waals surface area contributed by atoms with Crippen LogP contribution in [0.2, 0.25) is 0 Å². The van der Waals surface area contributed by atoms with E-state index < -0.39 is 0 Å². The maximum atomic E-state index is 4.94. The van der Waals surface area contributed by atoms with Crippen LogP contribution >= 0.6 is 0 Å². The number of rotatable bonds is 3. The second kappa shape index (κ2) is 4.54. The first-order valence-electron chi connectivity index (χ1n) is 4.06. The molecule has 0 aliphatic carbocycles. The summed E-state index contributed by atoms with van der Waals surface area (Å²) < 4.78 is 0.